The molecule has 2 saturated carbocycles. The third-order valence-electron chi connectivity index (χ3n) is 7.94. The number of hydrogen-bond acceptors (Lipinski definition) is 8. The minimum absolute atomic E-state index is 0.282. The number of aliphatic hydroxyl groups is 1. The van der Waals surface area contributed by atoms with E-state index in [4.69, 9.17) is 0 Å². The maximum Gasteiger partial charge on any atom is 0.313 e. The topological polar surface area (TPSA) is 124 Å². The van der Waals surface area contributed by atoms with Crippen LogP contribution in [0, 0.1) is 0 Å². The molecule has 0 amide bonds. The third kappa shape index (κ3) is 4.71. The van der Waals surface area contributed by atoms with Crippen molar-refractivity contribution in [1.29, 1.82) is 0 Å². The van der Waals surface area contributed by atoms with Crippen molar-refractivity contribution in [3.63, 3.8) is 0 Å². The van der Waals surface area contributed by atoms with Crippen LogP contribution in [-0.4, -0.2) is 49.3 Å². The summed E-state index contributed by atoms with van der Waals surface area (Å²) in [6.07, 6.45) is 10.1. The Morgan fingerprint density at radius 3 is 2.27 bits per heavy atom. The Morgan fingerprint density at radius 2 is 1.62 bits per heavy atom. The zero-order valence-electron chi connectivity index (χ0n) is 20.8. The SMILES string of the molecule is CC1C(C(=O)O)c2ccccc2C(O)N1c1ccc(N[C@H]2CC[C@H](Nc3ncc(C4CC4)cn3)C2)nc1. The minimum Gasteiger partial charge on any atom is -0.481 e. The van der Waals surface area contributed by atoms with Gasteiger partial charge >= 0.3 is 5.97 Å². The van der Waals surface area contributed by atoms with E-state index in [0.717, 1.165) is 25.1 Å². The summed E-state index contributed by atoms with van der Waals surface area (Å²) in [5.74, 6) is 0.455. The first-order valence-corrected chi connectivity index (χ1v) is 13.1. The normalized spacial score (nSPS) is 27.0. The van der Waals surface area contributed by atoms with E-state index in [-0.39, 0.29) is 6.04 Å². The molecule has 2 aliphatic carbocycles. The van der Waals surface area contributed by atoms with Crippen molar-refractivity contribution in [1.82, 2.24) is 15.0 Å². The Kier molecular flexibility index (Phi) is 6.16. The number of fused-ring (bicyclic) bond motifs is 1. The molecule has 2 fully saturated rings. The molecule has 2 aromatic heterocycles. The molecule has 0 spiro atoms. The minimum atomic E-state index is -0.940. The quantitative estimate of drug-likeness (QED) is 0.377. The summed E-state index contributed by atoms with van der Waals surface area (Å²) in [7, 11) is 0. The molecule has 6 rings (SSSR count). The fourth-order valence-corrected chi connectivity index (χ4v) is 5.84. The number of nitrogens with zero attached hydrogens (tertiary/aromatic N) is 4. The van der Waals surface area contributed by atoms with Crippen molar-refractivity contribution in [2.75, 3.05) is 15.5 Å². The number of aliphatic carboxylic acids is 1. The lowest BCUT2D eigenvalue weighted by Gasteiger charge is -2.43. The second-order valence-electron chi connectivity index (χ2n) is 10.5. The van der Waals surface area contributed by atoms with Gasteiger partial charge in [-0.25, -0.2) is 15.0 Å². The maximum absolute atomic E-state index is 12.1. The molecular formula is C28H32N6O3. The molecule has 192 valence electrons. The average Bonchev–Trinajstić information content (AvgIpc) is 3.66. The zero-order valence-corrected chi connectivity index (χ0v) is 20.8. The van der Waals surface area contributed by atoms with Gasteiger partial charge in [0.05, 0.1) is 11.9 Å². The van der Waals surface area contributed by atoms with Crippen molar-refractivity contribution in [2.45, 2.75) is 75.2 Å². The van der Waals surface area contributed by atoms with Crippen LogP contribution in [0.1, 0.15) is 73.8 Å². The van der Waals surface area contributed by atoms with Gasteiger partial charge < -0.3 is 25.7 Å². The fraction of sp³-hybridized carbons (Fsp3) is 0.429. The number of anilines is 3. The molecule has 1 aromatic carbocycles. The lowest BCUT2D eigenvalue weighted by Crippen LogP contribution is -2.47. The Bertz CT molecular complexity index is 1260. The van der Waals surface area contributed by atoms with E-state index < -0.39 is 24.2 Å². The van der Waals surface area contributed by atoms with Crippen molar-refractivity contribution in [3.05, 3.63) is 71.7 Å². The number of carbonyl (C=O) groups is 1. The van der Waals surface area contributed by atoms with Crippen molar-refractivity contribution >= 4 is 23.4 Å². The Morgan fingerprint density at radius 1 is 0.919 bits per heavy atom. The Hall–Kier alpha value is -3.72. The summed E-state index contributed by atoms with van der Waals surface area (Å²) in [6, 6.07) is 11.1. The highest BCUT2D eigenvalue weighted by Gasteiger charge is 2.41. The van der Waals surface area contributed by atoms with Crippen LogP contribution in [0.4, 0.5) is 17.5 Å². The van der Waals surface area contributed by atoms with Crippen LogP contribution in [-0.2, 0) is 4.79 Å². The van der Waals surface area contributed by atoms with Gasteiger partial charge in [0.25, 0.3) is 0 Å². The van der Waals surface area contributed by atoms with Crippen molar-refractivity contribution in [2.24, 2.45) is 0 Å². The van der Waals surface area contributed by atoms with Gasteiger partial charge in [-0.2, -0.15) is 0 Å². The number of hydrogen-bond donors (Lipinski definition) is 4. The van der Waals surface area contributed by atoms with Gasteiger partial charge in [0.15, 0.2) is 6.23 Å². The monoisotopic (exact) mass is 500 g/mol. The summed E-state index contributed by atoms with van der Waals surface area (Å²) in [5.41, 5.74) is 3.20. The fourth-order valence-electron chi connectivity index (χ4n) is 5.84. The lowest BCUT2D eigenvalue weighted by molar-refractivity contribution is -0.139. The van der Waals surface area contributed by atoms with Crippen LogP contribution in [0.5, 0.6) is 0 Å². The van der Waals surface area contributed by atoms with Gasteiger partial charge in [0.1, 0.15) is 11.7 Å². The number of rotatable bonds is 7. The lowest BCUT2D eigenvalue weighted by atomic mass is 9.83. The van der Waals surface area contributed by atoms with Crippen LogP contribution in [0.3, 0.4) is 0 Å². The molecule has 3 aliphatic rings. The molecule has 0 saturated heterocycles. The van der Waals surface area contributed by atoms with E-state index in [2.05, 4.69) is 25.6 Å². The number of aliphatic hydroxyl groups excluding tert-OH is 1. The highest BCUT2D eigenvalue weighted by atomic mass is 16.4. The average molecular weight is 501 g/mol. The third-order valence-corrected chi connectivity index (χ3v) is 7.94. The molecule has 3 heterocycles. The van der Waals surface area contributed by atoms with Crippen LogP contribution >= 0.6 is 0 Å². The molecule has 9 heteroatoms. The van der Waals surface area contributed by atoms with Crippen LogP contribution in [0.15, 0.2) is 55.0 Å². The van der Waals surface area contributed by atoms with Gasteiger partial charge in [0, 0.05) is 36.1 Å². The van der Waals surface area contributed by atoms with E-state index in [9.17, 15) is 15.0 Å². The van der Waals surface area contributed by atoms with E-state index in [0.29, 0.717) is 34.7 Å². The first-order valence-electron chi connectivity index (χ1n) is 13.1. The number of carboxylic acids is 1. The molecule has 1 aliphatic heterocycles. The molecule has 37 heavy (non-hydrogen) atoms. The van der Waals surface area contributed by atoms with Gasteiger partial charge in [0.2, 0.25) is 5.95 Å². The molecule has 5 atom stereocenters. The highest BCUT2D eigenvalue weighted by molar-refractivity contribution is 5.80. The smallest absolute Gasteiger partial charge is 0.313 e. The Balaban J connectivity index is 1.10. The maximum atomic E-state index is 12.1. The first-order chi connectivity index (χ1) is 18.0. The Labute approximate surface area is 216 Å². The number of carboxylic acid groups (broad SMARTS) is 1. The van der Waals surface area contributed by atoms with E-state index in [1.807, 2.05) is 43.6 Å². The van der Waals surface area contributed by atoms with Crippen LogP contribution in [0.25, 0.3) is 0 Å². The predicted octanol–water partition coefficient (Wildman–Crippen LogP) is 4.26. The zero-order chi connectivity index (χ0) is 25.5. The highest BCUT2D eigenvalue weighted by Crippen LogP contribution is 2.42. The van der Waals surface area contributed by atoms with E-state index >= 15 is 0 Å². The summed E-state index contributed by atoms with van der Waals surface area (Å²) in [4.78, 5) is 27.4. The van der Waals surface area contributed by atoms with E-state index in [1.54, 1.807) is 23.2 Å². The molecule has 9 nitrogen and oxygen atoms in total. The summed E-state index contributed by atoms with van der Waals surface area (Å²) < 4.78 is 0. The molecule has 0 radical (unpaired) electrons. The van der Waals surface area contributed by atoms with Gasteiger partial charge in [-0.05, 0) is 68.2 Å². The largest absolute Gasteiger partial charge is 0.481 e. The van der Waals surface area contributed by atoms with Crippen LogP contribution in [0.2, 0.25) is 0 Å². The van der Waals surface area contributed by atoms with Crippen LogP contribution < -0.4 is 15.5 Å². The summed E-state index contributed by atoms with van der Waals surface area (Å²) in [6.45, 7) is 1.83. The molecule has 3 aromatic rings. The first kappa shape index (κ1) is 23.7. The predicted molar refractivity (Wildman–Crippen MR) is 141 cm³/mol. The van der Waals surface area contributed by atoms with Gasteiger partial charge in [-0.1, -0.05) is 24.3 Å². The number of nitrogens with one attached hydrogen (secondary N) is 2. The number of pyridine rings is 1. The molecule has 0 bridgehead atoms. The van der Waals surface area contributed by atoms with Gasteiger partial charge in [-0.3, -0.25) is 4.79 Å². The second-order valence-corrected chi connectivity index (χ2v) is 10.5. The molecular weight excluding hydrogens is 468 g/mol. The standard InChI is InChI=1S/C28H32N6O3/c1-16-25(27(36)37)22-4-2-3-5-23(22)26(35)34(16)21-10-11-24(29-15-21)32-19-8-9-20(12-19)33-28-30-13-18(14-31-28)17-6-7-17/h2-5,10-11,13-17,19-20,25-26,35H,6-9,12H2,1H3,(H,29,32)(H,36,37)(H,30,31,33)/t16?,19-,20-,25?,26?/m0/s1. The van der Waals surface area contributed by atoms with Gasteiger partial charge in [-0.15, -0.1) is 0 Å². The molecule has 3 unspecified atom stereocenters. The van der Waals surface area contributed by atoms with E-state index in [1.165, 1.54) is 18.4 Å². The van der Waals surface area contributed by atoms with Crippen molar-refractivity contribution in [3.8, 4) is 0 Å². The molecule has 4 N–H and O–H groups in total. The second kappa shape index (κ2) is 9.63. The summed E-state index contributed by atoms with van der Waals surface area (Å²) in [5, 5.41) is 28.0. The van der Waals surface area contributed by atoms with Crippen molar-refractivity contribution < 1.29 is 15.0 Å². The number of aromatic nitrogens is 3. The summed E-state index contributed by atoms with van der Waals surface area (Å²) >= 11 is 0. The number of benzene rings is 1.